The van der Waals surface area contributed by atoms with Crippen LogP contribution in [0.2, 0.25) is 0 Å². The second-order valence-corrected chi connectivity index (χ2v) is 17.8. The highest BCUT2D eigenvalue weighted by Crippen LogP contribution is 2.53. The summed E-state index contributed by atoms with van der Waals surface area (Å²) in [4.78, 5) is 9.72. The predicted molar refractivity (Wildman–Crippen MR) is 257 cm³/mol. The van der Waals surface area contributed by atoms with Crippen molar-refractivity contribution in [1.29, 1.82) is 5.26 Å². The van der Waals surface area contributed by atoms with Crippen molar-refractivity contribution in [2.75, 3.05) is 9.80 Å². The summed E-state index contributed by atoms with van der Waals surface area (Å²) >= 11 is 3.64. The molecule has 0 aliphatic carbocycles. The van der Waals surface area contributed by atoms with Crippen molar-refractivity contribution in [3.8, 4) is 17.4 Å². The third-order valence-corrected chi connectivity index (χ3v) is 14.5. The maximum absolute atomic E-state index is 10.4. The van der Waals surface area contributed by atoms with E-state index in [1.54, 1.807) is 0 Å². The van der Waals surface area contributed by atoms with Crippen molar-refractivity contribution in [1.82, 2.24) is 9.13 Å². The maximum atomic E-state index is 10.4. The molecule has 2 aliphatic heterocycles. The zero-order valence-corrected chi connectivity index (χ0v) is 34.7. The van der Waals surface area contributed by atoms with E-state index in [1.807, 2.05) is 29.6 Å². The Balaban J connectivity index is 1.03. The molecule has 2 aromatic heterocycles. The van der Waals surface area contributed by atoms with Crippen molar-refractivity contribution in [2.45, 2.75) is 19.6 Å². The van der Waals surface area contributed by atoms with Gasteiger partial charge in [0.1, 0.15) is 0 Å². The van der Waals surface area contributed by atoms with Crippen LogP contribution in [-0.2, 0) is 0 Å². The lowest BCUT2D eigenvalue weighted by atomic mass is 10.1. The highest BCUT2D eigenvalue weighted by atomic mass is 32.2. The first-order chi connectivity index (χ1) is 30.7. The molecule has 7 heteroatoms. The van der Waals surface area contributed by atoms with E-state index in [0.29, 0.717) is 5.56 Å². The molecule has 0 spiro atoms. The van der Waals surface area contributed by atoms with Gasteiger partial charge in [-0.3, -0.25) is 0 Å². The standard InChI is InChI=1S/C55H33N5S2/c56-34-35-25-28-46(59-42-15-3-1-13-38(42)40-32-36(26-29-44(40)59)57-47-17-5-9-21-52(47)61-53-22-10-6-18-48(53)57)51(31-35)60-43-16-4-2-14-39(43)41-33-37(27-30-45(41)60)58-49-19-7-11-23-54(49)62-55-24-12-8-20-50(55)58/h1-33H. The first kappa shape index (κ1) is 35.2. The molecule has 0 bridgehead atoms. The first-order valence-corrected chi connectivity index (χ1v) is 22.3. The van der Waals surface area contributed by atoms with Crippen molar-refractivity contribution in [2.24, 2.45) is 0 Å². The second kappa shape index (κ2) is 13.7. The van der Waals surface area contributed by atoms with Crippen molar-refractivity contribution in [3.05, 3.63) is 206 Å². The van der Waals surface area contributed by atoms with Gasteiger partial charge in [-0.1, -0.05) is 108 Å². The zero-order valence-electron chi connectivity index (χ0n) is 33.1. The van der Waals surface area contributed by atoms with Crippen LogP contribution in [0.3, 0.4) is 0 Å². The molecule has 0 radical (unpaired) electrons. The number of para-hydroxylation sites is 6. The molecule has 4 heterocycles. The highest BCUT2D eigenvalue weighted by Gasteiger charge is 2.28. The van der Waals surface area contributed by atoms with Crippen LogP contribution in [0.25, 0.3) is 55.0 Å². The molecule has 13 rings (SSSR count). The number of hydrogen-bond donors (Lipinski definition) is 0. The smallest absolute Gasteiger partial charge is 0.0992 e. The van der Waals surface area contributed by atoms with Crippen LogP contribution in [0, 0.1) is 11.3 Å². The van der Waals surface area contributed by atoms with Gasteiger partial charge in [0.25, 0.3) is 0 Å². The average molecular weight is 828 g/mol. The van der Waals surface area contributed by atoms with Gasteiger partial charge in [0.2, 0.25) is 0 Å². The predicted octanol–water partition coefficient (Wildman–Crippen LogP) is 15.6. The summed E-state index contributed by atoms with van der Waals surface area (Å²) in [6, 6.07) is 74.3. The number of nitrogens with zero attached hydrogens (tertiary/aromatic N) is 5. The monoisotopic (exact) mass is 827 g/mol. The minimum absolute atomic E-state index is 0.605. The molecule has 62 heavy (non-hydrogen) atoms. The number of anilines is 6. The molecular weight excluding hydrogens is 795 g/mol. The summed E-state index contributed by atoms with van der Waals surface area (Å²) in [5.74, 6) is 0. The van der Waals surface area contributed by atoms with Crippen LogP contribution in [0.1, 0.15) is 5.56 Å². The van der Waals surface area contributed by atoms with Crippen LogP contribution >= 0.6 is 23.5 Å². The zero-order chi connectivity index (χ0) is 40.9. The van der Waals surface area contributed by atoms with E-state index < -0.39 is 0 Å². The van der Waals surface area contributed by atoms with Crippen molar-refractivity contribution < 1.29 is 0 Å². The number of fused-ring (bicyclic) bond motifs is 10. The molecule has 0 amide bonds. The molecule has 11 aromatic rings. The van der Waals surface area contributed by atoms with E-state index in [2.05, 4.69) is 219 Å². The van der Waals surface area contributed by atoms with E-state index in [-0.39, 0.29) is 0 Å². The van der Waals surface area contributed by atoms with E-state index in [1.165, 1.54) is 47.7 Å². The summed E-state index contributed by atoms with van der Waals surface area (Å²) in [6.45, 7) is 0. The number of rotatable bonds is 4. The average Bonchev–Trinajstić information content (AvgIpc) is 3.84. The summed E-state index contributed by atoms with van der Waals surface area (Å²) in [6.07, 6.45) is 0. The van der Waals surface area contributed by atoms with Gasteiger partial charge >= 0.3 is 0 Å². The molecule has 0 saturated carbocycles. The molecule has 0 atom stereocenters. The summed E-state index contributed by atoms with van der Waals surface area (Å²) in [7, 11) is 0. The number of benzene rings is 9. The van der Waals surface area contributed by atoms with E-state index in [0.717, 1.165) is 61.0 Å². The molecule has 0 unspecified atom stereocenters. The molecule has 0 fully saturated rings. The fourth-order valence-corrected chi connectivity index (χ4v) is 11.8. The van der Waals surface area contributed by atoms with Crippen molar-refractivity contribution >= 4 is 101 Å². The SMILES string of the molecule is N#Cc1ccc(-n2c3ccccc3c3cc(N4c5ccccc5Sc5ccccc54)ccc32)c(-n2c3ccccc3c3cc(N4c5ccccc5Sc5ccccc54)ccc32)c1. The minimum atomic E-state index is 0.605. The minimum Gasteiger partial charge on any atom is -0.308 e. The fraction of sp³-hybridized carbons (Fsp3) is 0. The quantitative estimate of drug-likeness (QED) is 0.177. The highest BCUT2D eigenvalue weighted by molar-refractivity contribution is 8.00. The van der Waals surface area contributed by atoms with E-state index >= 15 is 0 Å². The molecular formula is C55H33N5S2. The molecule has 0 saturated heterocycles. The van der Waals surface area contributed by atoms with Crippen LogP contribution in [-0.4, -0.2) is 9.13 Å². The maximum Gasteiger partial charge on any atom is 0.0992 e. The van der Waals surface area contributed by atoms with E-state index in [4.69, 9.17) is 0 Å². The molecule has 290 valence electrons. The normalized spacial score (nSPS) is 13.0. The Bertz CT molecular complexity index is 3610. The Labute approximate surface area is 366 Å². The number of aromatic nitrogens is 2. The molecule has 5 nitrogen and oxygen atoms in total. The third-order valence-electron chi connectivity index (χ3n) is 12.3. The van der Waals surface area contributed by atoms with Gasteiger partial charge in [0.05, 0.1) is 67.8 Å². The van der Waals surface area contributed by atoms with Gasteiger partial charge in [0, 0.05) is 52.5 Å². The Morgan fingerprint density at radius 2 is 0.710 bits per heavy atom. The Hall–Kier alpha value is -7.63. The van der Waals surface area contributed by atoms with Crippen LogP contribution in [0.4, 0.5) is 34.1 Å². The Morgan fingerprint density at radius 3 is 1.16 bits per heavy atom. The lowest BCUT2D eigenvalue weighted by Crippen LogP contribution is -2.14. The Morgan fingerprint density at radius 1 is 0.323 bits per heavy atom. The summed E-state index contributed by atoms with van der Waals surface area (Å²) < 4.78 is 4.74. The lowest BCUT2D eigenvalue weighted by Gasteiger charge is -2.33. The largest absolute Gasteiger partial charge is 0.308 e. The fourth-order valence-electron chi connectivity index (χ4n) is 9.65. The van der Waals surface area contributed by atoms with Crippen LogP contribution in [0.15, 0.2) is 220 Å². The van der Waals surface area contributed by atoms with Gasteiger partial charge in [-0.05, 0) is 115 Å². The first-order valence-electron chi connectivity index (χ1n) is 20.7. The summed E-state index contributed by atoms with van der Waals surface area (Å²) in [5, 5.41) is 15.0. The number of nitriles is 1. The van der Waals surface area contributed by atoms with Gasteiger partial charge < -0.3 is 18.9 Å². The third kappa shape index (κ3) is 5.18. The molecule has 0 N–H and O–H groups in total. The lowest BCUT2D eigenvalue weighted by molar-refractivity contribution is 1.09. The van der Waals surface area contributed by atoms with Gasteiger partial charge in [0.15, 0.2) is 0 Å². The number of hydrogen-bond acceptors (Lipinski definition) is 5. The van der Waals surface area contributed by atoms with Gasteiger partial charge in [-0.2, -0.15) is 5.26 Å². The van der Waals surface area contributed by atoms with Gasteiger partial charge in [-0.25, -0.2) is 0 Å². The van der Waals surface area contributed by atoms with Crippen LogP contribution in [0.5, 0.6) is 0 Å². The van der Waals surface area contributed by atoms with E-state index in [9.17, 15) is 5.26 Å². The van der Waals surface area contributed by atoms with Gasteiger partial charge in [-0.15, -0.1) is 0 Å². The van der Waals surface area contributed by atoms with Crippen LogP contribution < -0.4 is 9.80 Å². The second-order valence-electron chi connectivity index (χ2n) is 15.7. The molecule has 9 aromatic carbocycles. The Kier molecular flexibility index (Phi) is 7.77. The van der Waals surface area contributed by atoms with Crippen molar-refractivity contribution in [3.63, 3.8) is 0 Å². The molecule has 2 aliphatic rings. The summed E-state index contributed by atoms with van der Waals surface area (Å²) in [5.41, 5.74) is 13.8. The topological polar surface area (TPSA) is 40.1 Å².